The van der Waals surface area contributed by atoms with Gasteiger partial charge in [-0.15, -0.1) is 16.4 Å². The highest BCUT2D eigenvalue weighted by Crippen LogP contribution is 2.30. The molecule has 24 heavy (non-hydrogen) atoms. The van der Waals surface area contributed by atoms with Gasteiger partial charge in [-0.25, -0.2) is 4.98 Å². The summed E-state index contributed by atoms with van der Waals surface area (Å²) in [5, 5.41) is 10.3. The van der Waals surface area contributed by atoms with Crippen molar-refractivity contribution in [2.45, 2.75) is 38.9 Å². The summed E-state index contributed by atoms with van der Waals surface area (Å²) in [6.07, 6.45) is 4.71. The third-order valence-corrected chi connectivity index (χ3v) is 5.32. The lowest BCUT2D eigenvalue weighted by molar-refractivity contribution is 0.0468. The molecule has 7 nitrogen and oxygen atoms in total. The van der Waals surface area contributed by atoms with Gasteiger partial charge in [-0.3, -0.25) is 14.4 Å². The van der Waals surface area contributed by atoms with Crippen LogP contribution in [0, 0.1) is 5.92 Å². The average molecular weight is 346 g/mol. The van der Waals surface area contributed by atoms with Crippen molar-refractivity contribution in [3.05, 3.63) is 28.5 Å². The second-order valence-electron chi connectivity index (χ2n) is 6.83. The van der Waals surface area contributed by atoms with Crippen LogP contribution in [-0.2, 0) is 13.1 Å². The van der Waals surface area contributed by atoms with Crippen molar-refractivity contribution in [1.29, 1.82) is 0 Å². The first-order valence-electron chi connectivity index (χ1n) is 8.49. The van der Waals surface area contributed by atoms with Crippen LogP contribution < -0.4 is 0 Å². The normalized spacial score (nSPS) is 22.0. The fourth-order valence-electron chi connectivity index (χ4n) is 3.24. The van der Waals surface area contributed by atoms with Gasteiger partial charge in [-0.2, -0.15) is 0 Å². The average Bonchev–Trinajstić information content (AvgIpc) is 3.04. The monoisotopic (exact) mass is 346 g/mol. The van der Waals surface area contributed by atoms with E-state index in [1.807, 2.05) is 15.0 Å². The Balaban J connectivity index is 1.32. The third-order valence-electron chi connectivity index (χ3n) is 4.74. The summed E-state index contributed by atoms with van der Waals surface area (Å²) in [4.78, 5) is 20.9. The van der Waals surface area contributed by atoms with Crippen LogP contribution in [0.2, 0.25) is 0 Å². The van der Waals surface area contributed by atoms with E-state index in [4.69, 9.17) is 0 Å². The summed E-state index contributed by atoms with van der Waals surface area (Å²) in [5.74, 6) is 0.846. The molecular weight excluding hydrogens is 324 g/mol. The smallest absolute Gasteiger partial charge is 0.273 e. The Morgan fingerprint density at radius 1 is 1.38 bits per heavy atom. The molecule has 1 aliphatic carbocycles. The molecule has 1 saturated carbocycles. The summed E-state index contributed by atoms with van der Waals surface area (Å²) in [7, 11) is 0. The third kappa shape index (κ3) is 3.49. The van der Waals surface area contributed by atoms with E-state index in [2.05, 4.69) is 33.3 Å². The summed E-state index contributed by atoms with van der Waals surface area (Å²) in [6, 6.07) is 0.175. The van der Waals surface area contributed by atoms with Crippen molar-refractivity contribution in [3.8, 4) is 0 Å². The summed E-state index contributed by atoms with van der Waals surface area (Å²) in [6.45, 7) is 6.34. The first-order valence-corrected chi connectivity index (χ1v) is 9.44. The number of piperazine rings is 1. The number of hydrogen-bond acceptors (Lipinski definition) is 6. The van der Waals surface area contributed by atoms with Gasteiger partial charge < -0.3 is 4.90 Å². The Morgan fingerprint density at radius 2 is 2.25 bits per heavy atom. The minimum atomic E-state index is 0.0405. The van der Waals surface area contributed by atoms with E-state index in [1.54, 1.807) is 5.51 Å². The minimum Gasteiger partial charge on any atom is -0.332 e. The number of thiazole rings is 1. The van der Waals surface area contributed by atoms with Crippen molar-refractivity contribution in [2.24, 2.45) is 5.92 Å². The molecule has 4 rings (SSSR count). The van der Waals surface area contributed by atoms with Crippen LogP contribution in [0.15, 0.2) is 17.1 Å². The summed E-state index contributed by atoms with van der Waals surface area (Å²) < 4.78 is 1.97. The molecule has 0 N–H and O–H groups in total. The highest BCUT2D eigenvalue weighted by Gasteiger charge is 2.29. The van der Waals surface area contributed by atoms with Crippen molar-refractivity contribution in [3.63, 3.8) is 0 Å². The van der Waals surface area contributed by atoms with Crippen LogP contribution in [-0.4, -0.2) is 61.4 Å². The summed E-state index contributed by atoms with van der Waals surface area (Å²) in [5.41, 5.74) is 3.28. The molecule has 0 spiro atoms. The van der Waals surface area contributed by atoms with E-state index < -0.39 is 0 Å². The highest BCUT2D eigenvalue weighted by atomic mass is 32.1. The molecule has 8 heteroatoms. The van der Waals surface area contributed by atoms with E-state index in [-0.39, 0.29) is 11.9 Å². The Bertz CT molecular complexity index is 695. The SMILES string of the molecule is C[C@H]1CN(Cc2cn(CC3CC3)nn2)CCN1C(=O)c1cscn1. The number of aromatic nitrogens is 4. The number of nitrogens with zero attached hydrogens (tertiary/aromatic N) is 6. The maximum atomic E-state index is 12.5. The molecular formula is C16H22N6OS. The second kappa shape index (κ2) is 6.60. The van der Waals surface area contributed by atoms with E-state index >= 15 is 0 Å². The number of hydrogen-bond donors (Lipinski definition) is 0. The lowest BCUT2D eigenvalue weighted by Gasteiger charge is -2.39. The van der Waals surface area contributed by atoms with Gasteiger partial charge in [-0.05, 0) is 25.7 Å². The molecule has 2 aromatic rings. The molecule has 0 unspecified atom stereocenters. The number of rotatable bonds is 5. The quantitative estimate of drug-likeness (QED) is 0.821. The predicted octanol–water partition coefficient (Wildman–Crippen LogP) is 1.49. The van der Waals surface area contributed by atoms with Gasteiger partial charge in [0.1, 0.15) is 5.69 Å². The zero-order chi connectivity index (χ0) is 16.5. The first-order chi connectivity index (χ1) is 11.7. The Hall–Kier alpha value is -1.80. The van der Waals surface area contributed by atoms with Gasteiger partial charge in [0, 0.05) is 50.3 Å². The lowest BCUT2D eigenvalue weighted by Crippen LogP contribution is -2.53. The molecule has 0 radical (unpaired) electrons. The maximum Gasteiger partial charge on any atom is 0.273 e. The van der Waals surface area contributed by atoms with Crippen molar-refractivity contribution in [2.75, 3.05) is 19.6 Å². The van der Waals surface area contributed by atoms with Crippen LogP contribution in [0.3, 0.4) is 0 Å². The largest absolute Gasteiger partial charge is 0.332 e. The molecule has 0 aromatic carbocycles. The molecule has 2 fully saturated rings. The zero-order valence-corrected chi connectivity index (χ0v) is 14.7. The molecule has 128 valence electrons. The van der Waals surface area contributed by atoms with Gasteiger partial charge in [0.05, 0.1) is 11.2 Å². The highest BCUT2D eigenvalue weighted by molar-refractivity contribution is 7.07. The van der Waals surface area contributed by atoms with Crippen LogP contribution in [0.25, 0.3) is 0 Å². The zero-order valence-electron chi connectivity index (χ0n) is 13.8. The molecule has 1 atom stereocenters. The maximum absolute atomic E-state index is 12.5. The minimum absolute atomic E-state index is 0.0405. The van der Waals surface area contributed by atoms with Gasteiger partial charge in [0.15, 0.2) is 0 Å². The number of carbonyl (C=O) groups excluding carboxylic acids is 1. The van der Waals surface area contributed by atoms with Crippen molar-refractivity contribution in [1.82, 2.24) is 29.8 Å². The van der Waals surface area contributed by atoms with Crippen molar-refractivity contribution < 1.29 is 4.79 Å². The summed E-state index contributed by atoms with van der Waals surface area (Å²) >= 11 is 1.46. The fourth-order valence-corrected chi connectivity index (χ4v) is 3.76. The van der Waals surface area contributed by atoms with Gasteiger partial charge in [-0.1, -0.05) is 5.21 Å². The topological polar surface area (TPSA) is 67.2 Å². The molecule has 3 heterocycles. The second-order valence-corrected chi connectivity index (χ2v) is 7.55. The van der Waals surface area contributed by atoms with E-state index in [9.17, 15) is 4.79 Å². The standard InChI is InChI=1S/C16H22N6OS/c1-12-6-20(4-5-22(12)16(23)15-10-24-11-17-15)8-14-9-21(19-18-14)7-13-2-3-13/h9-13H,2-8H2,1H3/t12-/m0/s1. The van der Waals surface area contributed by atoms with Gasteiger partial charge in [0.2, 0.25) is 0 Å². The Labute approximate surface area is 145 Å². The van der Waals surface area contributed by atoms with E-state index in [0.717, 1.165) is 44.3 Å². The molecule has 1 aliphatic heterocycles. The van der Waals surface area contributed by atoms with Gasteiger partial charge >= 0.3 is 0 Å². The molecule has 2 aromatic heterocycles. The Kier molecular flexibility index (Phi) is 4.32. The first kappa shape index (κ1) is 15.7. The van der Waals surface area contributed by atoms with Crippen LogP contribution in [0.1, 0.15) is 35.9 Å². The predicted molar refractivity (Wildman–Crippen MR) is 90.6 cm³/mol. The number of carbonyl (C=O) groups is 1. The van der Waals surface area contributed by atoms with E-state index in [0.29, 0.717) is 5.69 Å². The number of amides is 1. The molecule has 1 amide bonds. The molecule has 2 aliphatic rings. The molecule has 0 bridgehead atoms. The Morgan fingerprint density at radius 3 is 2.96 bits per heavy atom. The molecule has 1 saturated heterocycles. The van der Waals surface area contributed by atoms with Crippen molar-refractivity contribution >= 4 is 17.2 Å². The fraction of sp³-hybridized carbons (Fsp3) is 0.625. The van der Waals surface area contributed by atoms with Crippen LogP contribution in [0.5, 0.6) is 0 Å². The van der Waals surface area contributed by atoms with Crippen LogP contribution >= 0.6 is 11.3 Å². The lowest BCUT2D eigenvalue weighted by atomic mass is 10.1. The van der Waals surface area contributed by atoms with Crippen LogP contribution in [0.4, 0.5) is 0 Å². The van der Waals surface area contributed by atoms with E-state index in [1.165, 1.54) is 24.2 Å². The van der Waals surface area contributed by atoms with Gasteiger partial charge in [0.25, 0.3) is 5.91 Å².